The van der Waals surface area contributed by atoms with Gasteiger partial charge in [-0.1, -0.05) is 29.3 Å². The van der Waals surface area contributed by atoms with Gasteiger partial charge in [0.05, 0.1) is 11.6 Å². The second-order valence-corrected chi connectivity index (χ2v) is 3.48. The van der Waals surface area contributed by atoms with Gasteiger partial charge in [0.1, 0.15) is 10.8 Å². The minimum Gasteiger partial charge on any atom is -0.482 e. The number of halogens is 2. The zero-order valence-electron chi connectivity index (χ0n) is 8.22. The minimum atomic E-state index is 0.0495. The van der Waals surface area contributed by atoms with Gasteiger partial charge in [-0.2, -0.15) is 0 Å². The van der Waals surface area contributed by atoms with Crippen LogP contribution in [0.15, 0.2) is 18.2 Å². The average Bonchev–Trinajstić information content (AvgIpc) is 2.21. The van der Waals surface area contributed by atoms with Crippen molar-refractivity contribution in [2.75, 3.05) is 13.2 Å². The van der Waals surface area contributed by atoms with E-state index in [1.165, 1.54) is 0 Å². The van der Waals surface area contributed by atoms with Gasteiger partial charge in [0.25, 0.3) is 0 Å². The number of benzene rings is 1. The number of rotatable bonds is 4. The Morgan fingerprint density at radius 3 is 2.80 bits per heavy atom. The van der Waals surface area contributed by atoms with Crippen LogP contribution in [0.3, 0.4) is 0 Å². The van der Waals surface area contributed by atoms with Crippen molar-refractivity contribution in [1.82, 2.24) is 0 Å². The highest BCUT2D eigenvalue weighted by Crippen LogP contribution is 2.31. The van der Waals surface area contributed by atoms with Crippen LogP contribution >= 0.6 is 23.2 Å². The molecule has 1 aromatic rings. The van der Waals surface area contributed by atoms with Gasteiger partial charge in [0, 0.05) is 0 Å². The molecular weight excluding hydrogens is 237 g/mol. The predicted molar refractivity (Wildman–Crippen MR) is 61.3 cm³/mol. The molecule has 0 unspecified atom stereocenters. The first kappa shape index (κ1) is 12.1. The fourth-order valence-electron chi connectivity index (χ4n) is 0.955. The molecule has 0 bridgehead atoms. The second-order valence-electron chi connectivity index (χ2n) is 2.70. The molecule has 1 N–H and O–H groups in total. The SMILES string of the molecule is CCOC(=N)COc1cccc(Cl)c1Cl. The number of hydrogen-bond donors (Lipinski definition) is 1. The van der Waals surface area contributed by atoms with Crippen molar-refractivity contribution in [3.05, 3.63) is 28.2 Å². The lowest BCUT2D eigenvalue weighted by Crippen LogP contribution is -2.13. The van der Waals surface area contributed by atoms with E-state index in [4.69, 9.17) is 38.1 Å². The fourth-order valence-corrected chi connectivity index (χ4v) is 1.30. The molecule has 0 heterocycles. The van der Waals surface area contributed by atoms with Gasteiger partial charge in [-0.15, -0.1) is 0 Å². The third-order valence-corrected chi connectivity index (χ3v) is 2.40. The van der Waals surface area contributed by atoms with Crippen LogP contribution in [-0.4, -0.2) is 19.1 Å². The Morgan fingerprint density at radius 2 is 2.13 bits per heavy atom. The summed E-state index contributed by atoms with van der Waals surface area (Å²) in [4.78, 5) is 0. The molecule has 0 amide bonds. The Labute approximate surface area is 98.4 Å². The monoisotopic (exact) mass is 247 g/mol. The standard InChI is InChI=1S/C10H11Cl2NO2/c1-2-14-9(13)6-15-8-5-3-4-7(11)10(8)12/h3-5,13H,2,6H2,1H3. The van der Waals surface area contributed by atoms with Crippen molar-refractivity contribution in [3.8, 4) is 5.75 Å². The van der Waals surface area contributed by atoms with Crippen molar-refractivity contribution >= 4 is 29.1 Å². The van der Waals surface area contributed by atoms with Crippen molar-refractivity contribution in [1.29, 1.82) is 5.41 Å². The third-order valence-electron chi connectivity index (χ3n) is 1.59. The molecule has 1 aromatic carbocycles. The molecule has 0 fully saturated rings. The van der Waals surface area contributed by atoms with Gasteiger partial charge in [0.2, 0.25) is 5.90 Å². The minimum absolute atomic E-state index is 0.0495. The lowest BCUT2D eigenvalue weighted by molar-refractivity contribution is 0.273. The molecule has 0 saturated heterocycles. The van der Waals surface area contributed by atoms with Crippen LogP contribution in [0.2, 0.25) is 10.0 Å². The van der Waals surface area contributed by atoms with Gasteiger partial charge < -0.3 is 9.47 Å². The Balaban J connectivity index is 2.58. The molecule has 0 radical (unpaired) electrons. The lowest BCUT2D eigenvalue weighted by atomic mass is 10.3. The molecule has 5 heteroatoms. The van der Waals surface area contributed by atoms with E-state index in [9.17, 15) is 0 Å². The predicted octanol–water partition coefficient (Wildman–Crippen LogP) is 3.39. The van der Waals surface area contributed by atoms with E-state index < -0.39 is 0 Å². The van der Waals surface area contributed by atoms with Crippen LogP contribution < -0.4 is 4.74 Å². The van der Waals surface area contributed by atoms with Crippen molar-refractivity contribution in [2.24, 2.45) is 0 Å². The highest BCUT2D eigenvalue weighted by atomic mass is 35.5. The summed E-state index contributed by atoms with van der Waals surface area (Å²) < 4.78 is 10.2. The molecule has 1 rings (SSSR count). The summed E-state index contributed by atoms with van der Waals surface area (Å²) in [6.07, 6.45) is 0. The molecule has 82 valence electrons. The van der Waals surface area contributed by atoms with Crippen LogP contribution in [0.1, 0.15) is 6.92 Å². The van der Waals surface area contributed by atoms with Gasteiger partial charge in [-0.05, 0) is 19.1 Å². The van der Waals surface area contributed by atoms with E-state index in [0.29, 0.717) is 22.4 Å². The topological polar surface area (TPSA) is 42.3 Å². The quantitative estimate of drug-likeness (QED) is 0.655. The molecule has 0 saturated carbocycles. The molecule has 3 nitrogen and oxygen atoms in total. The van der Waals surface area contributed by atoms with E-state index in [-0.39, 0.29) is 12.5 Å². The largest absolute Gasteiger partial charge is 0.482 e. The Bertz CT molecular complexity index is 355. The normalized spacial score (nSPS) is 9.80. The van der Waals surface area contributed by atoms with Gasteiger partial charge in [-0.25, -0.2) is 0 Å². The summed E-state index contributed by atoms with van der Waals surface area (Å²) in [6.45, 7) is 2.31. The molecule has 0 aliphatic carbocycles. The maximum atomic E-state index is 7.34. The van der Waals surface area contributed by atoms with Crippen LogP contribution in [0.5, 0.6) is 5.75 Å². The van der Waals surface area contributed by atoms with Crippen molar-refractivity contribution in [3.63, 3.8) is 0 Å². The fraction of sp³-hybridized carbons (Fsp3) is 0.300. The Kier molecular flexibility index (Phi) is 4.72. The van der Waals surface area contributed by atoms with E-state index in [0.717, 1.165) is 0 Å². The molecule has 15 heavy (non-hydrogen) atoms. The van der Waals surface area contributed by atoms with Crippen LogP contribution in [0, 0.1) is 5.41 Å². The highest BCUT2D eigenvalue weighted by molar-refractivity contribution is 6.42. The van der Waals surface area contributed by atoms with Crippen molar-refractivity contribution in [2.45, 2.75) is 6.92 Å². The highest BCUT2D eigenvalue weighted by Gasteiger charge is 2.06. The third kappa shape index (κ3) is 3.61. The Morgan fingerprint density at radius 1 is 1.40 bits per heavy atom. The molecule has 0 aliphatic rings. The summed E-state index contributed by atoms with van der Waals surface area (Å²) in [5.41, 5.74) is 0. The van der Waals surface area contributed by atoms with E-state index in [1.54, 1.807) is 25.1 Å². The molecule has 0 spiro atoms. The van der Waals surface area contributed by atoms with Crippen LogP contribution in [0.25, 0.3) is 0 Å². The molecule has 0 aliphatic heterocycles. The lowest BCUT2D eigenvalue weighted by Gasteiger charge is -2.09. The molecular formula is C10H11Cl2NO2. The smallest absolute Gasteiger partial charge is 0.219 e. The first-order valence-corrected chi connectivity index (χ1v) is 5.17. The van der Waals surface area contributed by atoms with Gasteiger partial charge >= 0.3 is 0 Å². The average molecular weight is 248 g/mol. The maximum Gasteiger partial charge on any atom is 0.219 e. The first-order chi connectivity index (χ1) is 7.15. The first-order valence-electron chi connectivity index (χ1n) is 4.42. The number of hydrogen-bond acceptors (Lipinski definition) is 3. The summed E-state index contributed by atoms with van der Waals surface area (Å²) in [5, 5.41) is 8.12. The summed E-state index contributed by atoms with van der Waals surface area (Å²) >= 11 is 11.7. The van der Waals surface area contributed by atoms with Crippen molar-refractivity contribution < 1.29 is 9.47 Å². The molecule has 0 atom stereocenters. The molecule has 0 aromatic heterocycles. The zero-order valence-corrected chi connectivity index (χ0v) is 9.73. The van der Waals surface area contributed by atoms with E-state index in [1.807, 2.05) is 0 Å². The second kappa shape index (κ2) is 5.83. The summed E-state index contributed by atoms with van der Waals surface area (Å²) in [5.74, 6) is 0.516. The van der Waals surface area contributed by atoms with Crippen LogP contribution in [-0.2, 0) is 4.74 Å². The van der Waals surface area contributed by atoms with E-state index in [2.05, 4.69) is 0 Å². The van der Waals surface area contributed by atoms with Crippen LogP contribution in [0.4, 0.5) is 0 Å². The van der Waals surface area contributed by atoms with E-state index >= 15 is 0 Å². The Hall–Kier alpha value is -0.930. The van der Waals surface area contributed by atoms with Gasteiger partial charge in [0.15, 0.2) is 6.61 Å². The van der Waals surface area contributed by atoms with Gasteiger partial charge in [-0.3, -0.25) is 5.41 Å². The number of ether oxygens (including phenoxy) is 2. The maximum absolute atomic E-state index is 7.34. The summed E-state index contributed by atoms with van der Waals surface area (Å²) in [7, 11) is 0. The summed E-state index contributed by atoms with van der Waals surface area (Å²) in [6, 6.07) is 5.09. The number of nitrogens with one attached hydrogen (secondary N) is 1. The zero-order chi connectivity index (χ0) is 11.3.